The van der Waals surface area contributed by atoms with Crippen LogP contribution in [0.4, 0.5) is 0 Å². The molecule has 3 aliphatic heterocycles. The second-order valence-corrected chi connectivity index (χ2v) is 18.0. The molecule has 0 unspecified atom stereocenters. The Labute approximate surface area is 336 Å². The van der Waals surface area contributed by atoms with Gasteiger partial charge in [0, 0.05) is 48.0 Å². The number of carbonyl (C=O) groups is 3. The maximum Gasteiger partial charge on any atom is 0.330 e. The largest absolute Gasteiger partial charge is 0.458 e. The molecule has 11 nitrogen and oxygen atoms in total. The van der Waals surface area contributed by atoms with Crippen molar-refractivity contribution in [2.75, 3.05) is 0 Å². The van der Waals surface area contributed by atoms with Gasteiger partial charge < -0.3 is 39.7 Å². The van der Waals surface area contributed by atoms with Gasteiger partial charge >= 0.3 is 5.97 Å². The standard InChI is InChI=1S/C45H74O11/c1-12-34-17-15-13-14-16-27(4)42(51)44(11,53)43(52)32(9)40(50)31(8)39(49)30(7)38(48)26(3)18-21-37(47)54-41-29(6)35(20-19-34)55-45(33(41)10)23-22-25(2)36(56-45)24-28(5)46/h13-15,17-18,21,25-36,38,40-42,46,48,50-51,53H,12,16,19-20,22-24H2,1-11H3/b14-13-,17-15-,21-18-/t25-,26+,27-,28+,29-,30-,31+,32+,33+,34+,35-,36+,38-,40+,41-,42-,44-,45-/m0/s1. The average molecular weight is 791 g/mol. The van der Waals surface area contributed by atoms with Gasteiger partial charge in [-0.25, -0.2) is 4.79 Å². The highest BCUT2D eigenvalue weighted by atomic mass is 16.7. The van der Waals surface area contributed by atoms with Crippen molar-refractivity contribution in [2.45, 2.75) is 175 Å². The average Bonchev–Trinajstić information content (AvgIpc) is 3.16. The predicted octanol–water partition coefficient (Wildman–Crippen LogP) is 5.88. The van der Waals surface area contributed by atoms with Crippen LogP contribution in [0.5, 0.6) is 0 Å². The number of allylic oxidation sites excluding steroid dienone is 4. The lowest BCUT2D eigenvalue weighted by Crippen LogP contribution is -2.62. The van der Waals surface area contributed by atoms with E-state index < -0.39 is 89.0 Å². The molecule has 1 spiro atoms. The molecule has 0 aromatic carbocycles. The van der Waals surface area contributed by atoms with Gasteiger partial charge in [-0.05, 0) is 70.1 Å². The van der Waals surface area contributed by atoms with Crippen molar-refractivity contribution in [3.8, 4) is 0 Å². The first-order chi connectivity index (χ1) is 26.1. The Hall–Kier alpha value is -2.25. The zero-order valence-electron chi connectivity index (χ0n) is 35.8. The first-order valence-corrected chi connectivity index (χ1v) is 21.2. The molecule has 11 heteroatoms. The van der Waals surface area contributed by atoms with Crippen molar-refractivity contribution in [1.29, 1.82) is 0 Å². The van der Waals surface area contributed by atoms with Gasteiger partial charge in [-0.15, -0.1) is 0 Å². The molecule has 56 heavy (non-hydrogen) atoms. The number of aliphatic hydroxyl groups is 5. The summed E-state index contributed by atoms with van der Waals surface area (Å²) in [4.78, 5) is 40.5. The van der Waals surface area contributed by atoms with Crippen molar-refractivity contribution in [3.63, 3.8) is 0 Å². The van der Waals surface area contributed by atoms with E-state index in [-0.39, 0.29) is 35.9 Å². The highest BCUT2D eigenvalue weighted by Crippen LogP contribution is 2.49. The van der Waals surface area contributed by atoms with Gasteiger partial charge in [0.15, 0.2) is 11.6 Å². The fourth-order valence-electron chi connectivity index (χ4n) is 9.01. The smallest absolute Gasteiger partial charge is 0.330 e. The second-order valence-electron chi connectivity index (χ2n) is 18.0. The van der Waals surface area contributed by atoms with E-state index in [1.165, 1.54) is 39.8 Å². The fraction of sp³-hybridized carbons (Fsp3) is 0.800. The van der Waals surface area contributed by atoms with Crippen LogP contribution in [0.1, 0.15) is 121 Å². The maximum absolute atomic E-state index is 13.5. The summed E-state index contributed by atoms with van der Waals surface area (Å²) >= 11 is 0. The summed E-state index contributed by atoms with van der Waals surface area (Å²) in [5.74, 6) is -7.28. The van der Waals surface area contributed by atoms with Gasteiger partial charge in [0.25, 0.3) is 0 Å². The van der Waals surface area contributed by atoms with Gasteiger partial charge in [-0.3, -0.25) is 9.59 Å². The van der Waals surface area contributed by atoms with Gasteiger partial charge in [0.1, 0.15) is 17.5 Å². The molecule has 3 heterocycles. The molecule has 0 radical (unpaired) electrons. The normalized spacial score (nSPS) is 46.8. The molecular formula is C45H74O11. The van der Waals surface area contributed by atoms with E-state index in [1.807, 2.05) is 32.1 Å². The minimum absolute atomic E-state index is 0.168. The highest BCUT2D eigenvalue weighted by molar-refractivity contribution is 5.91. The Kier molecular flexibility index (Phi) is 17.7. The minimum atomic E-state index is -2.18. The van der Waals surface area contributed by atoms with Crippen LogP contribution in [0.25, 0.3) is 0 Å². The minimum Gasteiger partial charge on any atom is -0.458 e. The van der Waals surface area contributed by atoms with E-state index in [2.05, 4.69) is 19.9 Å². The lowest BCUT2D eigenvalue weighted by atomic mass is 9.74. The zero-order chi connectivity index (χ0) is 42.3. The van der Waals surface area contributed by atoms with Gasteiger partial charge in [-0.2, -0.15) is 0 Å². The van der Waals surface area contributed by atoms with E-state index in [1.54, 1.807) is 20.8 Å². The SMILES string of the molecule is CC[C@@H]1/C=C\C=C/C[C@H](C)[C@H](O)[C@](C)(O)C(=O)[C@H](C)[C@H](O)[C@H](C)C(=O)[C@@H](C)[C@@H](O)[C@H](C)/C=C\C(=O)O[C@H]2[C@@H](C)[C@H](CC1)O[C@]1(CC[C@H](C)[C@@H](C[C@@H](C)O)O1)[C@@H]2C. The van der Waals surface area contributed by atoms with E-state index in [9.17, 15) is 39.9 Å². The Morgan fingerprint density at radius 1 is 0.839 bits per heavy atom. The third kappa shape index (κ3) is 11.5. The van der Waals surface area contributed by atoms with Gasteiger partial charge in [0.2, 0.25) is 0 Å². The summed E-state index contributed by atoms with van der Waals surface area (Å²) < 4.78 is 20.0. The Morgan fingerprint density at radius 2 is 1.48 bits per heavy atom. The molecule has 2 bridgehead atoms. The van der Waals surface area contributed by atoms with Crippen LogP contribution >= 0.6 is 0 Å². The van der Waals surface area contributed by atoms with Crippen molar-refractivity contribution < 1.29 is 54.1 Å². The van der Waals surface area contributed by atoms with E-state index >= 15 is 0 Å². The first-order valence-electron chi connectivity index (χ1n) is 21.2. The summed E-state index contributed by atoms with van der Waals surface area (Å²) in [6.45, 7) is 19.1. The zero-order valence-corrected chi connectivity index (χ0v) is 35.8. The molecule has 0 aromatic heterocycles. The fourth-order valence-corrected chi connectivity index (χ4v) is 9.01. The topological polar surface area (TPSA) is 180 Å². The number of aliphatic hydroxyl groups excluding tert-OH is 4. The molecule has 2 saturated heterocycles. The van der Waals surface area contributed by atoms with Crippen molar-refractivity contribution >= 4 is 17.5 Å². The molecule has 2 fully saturated rings. The lowest BCUT2D eigenvalue weighted by Gasteiger charge is -2.55. The predicted molar refractivity (Wildman–Crippen MR) is 215 cm³/mol. The molecule has 0 aliphatic carbocycles. The van der Waals surface area contributed by atoms with Crippen molar-refractivity contribution in [2.24, 2.45) is 53.3 Å². The third-order valence-corrected chi connectivity index (χ3v) is 13.4. The number of esters is 1. The van der Waals surface area contributed by atoms with Crippen molar-refractivity contribution in [3.05, 3.63) is 36.5 Å². The van der Waals surface area contributed by atoms with E-state index in [0.717, 1.165) is 19.3 Å². The molecule has 0 amide bonds. The third-order valence-electron chi connectivity index (χ3n) is 13.4. The summed E-state index contributed by atoms with van der Waals surface area (Å²) in [6.07, 6.45) is 9.62. The number of carbonyl (C=O) groups excluding carboxylic acids is 3. The number of rotatable bonds is 3. The number of ether oxygens (including phenoxy) is 3. The summed E-state index contributed by atoms with van der Waals surface area (Å²) in [5.41, 5.74) is -2.18. The van der Waals surface area contributed by atoms with Crippen LogP contribution in [0, 0.1) is 53.3 Å². The van der Waals surface area contributed by atoms with Crippen LogP contribution < -0.4 is 0 Å². The molecule has 3 rings (SSSR count). The monoisotopic (exact) mass is 791 g/mol. The van der Waals surface area contributed by atoms with Crippen LogP contribution in [0.2, 0.25) is 0 Å². The molecular weight excluding hydrogens is 716 g/mol. The molecule has 320 valence electrons. The first kappa shape index (κ1) is 48.1. The Balaban J connectivity index is 1.99. The number of hydrogen-bond acceptors (Lipinski definition) is 11. The maximum atomic E-state index is 13.5. The number of Topliss-reactive ketones (excluding diaryl/α,β-unsaturated/α-hetero) is 2. The summed E-state index contributed by atoms with van der Waals surface area (Å²) in [6, 6.07) is 0. The number of ketones is 2. The molecule has 18 atom stereocenters. The quantitative estimate of drug-likeness (QED) is 0.216. The molecule has 0 aromatic rings. The number of hydrogen-bond donors (Lipinski definition) is 5. The van der Waals surface area contributed by atoms with Gasteiger partial charge in [0.05, 0.1) is 36.6 Å². The van der Waals surface area contributed by atoms with Crippen molar-refractivity contribution in [1.82, 2.24) is 0 Å². The number of fused-ring (bicyclic) bond motifs is 2. The Morgan fingerprint density at radius 3 is 2.11 bits per heavy atom. The van der Waals surface area contributed by atoms with E-state index in [0.29, 0.717) is 25.7 Å². The highest BCUT2D eigenvalue weighted by Gasteiger charge is 2.56. The summed E-state index contributed by atoms with van der Waals surface area (Å²) in [7, 11) is 0. The van der Waals surface area contributed by atoms with Gasteiger partial charge in [-0.1, -0.05) is 92.7 Å². The van der Waals surface area contributed by atoms with Crippen LogP contribution in [-0.2, 0) is 28.6 Å². The van der Waals surface area contributed by atoms with E-state index in [4.69, 9.17) is 14.2 Å². The Bertz CT molecular complexity index is 1390. The van der Waals surface area contributed by atoms with Crippen LogP contribution in [-0.4, -0.2) is 97.2 Å². The molecule has 0 saturated carbocycles. The molecule has 5 N–H and O–H groups in total. The van der Waals surface area contributed by atoms with Crippen LogP contribution in [0.15, 0.2) is 36.5 Å². The van der Waals surface area contributed by atoms with Crippen LogP contribution in [0.3, 0.4) is 0 Å². The summed E-state index contributed by atoms with van der Waals surface area (Å²) in [5, 5.41) is 55.0. The second kappa shape index (κ2) is 20.6. The molecule has 3 aliphatic rings. The lowest BCUT2D eigenvalue weighted by molar-refractivity contribution is -0.371.